The Labute approximate surface area is 238 Å². The quantitative estimate of drug-likeness (QED) is 0.246. The maximum absolute atomic E-state index is 13.7. The van der Waals surface area contributed by atoms with Crippen molar-refractivity contribution in [3.8, 4) is 5.75 Å². The summed E-state index contributed by atoms with van der Waals surface area (Å²) >= 11 is 0. The predicted octanol–water partition coefficient (Wildman–Crippen LogP) is 5.17. The normalized spacial score (nSPS) is 11.5. The molecule has 0 aromatic heterocycles. The van der Waals surface area contributed by atoms with Crippen molar-refractivity contribution in [3.63, 3.8) is 0 Å². The molecule has 0 aliphatic heterocycles. The van der Waals surface area contributed by atoms with Crippen LogP contribution in [0.25, 0.3) is 0 Å². The number of rotatable bonds is 11. The molecule has 0 saturated heterocycles. The van der Waals surface area contributed by atoms with Crippen LogP contribution in [0.1, 0.15) is 12.5 Å². The number of halogens is 1. The lowest BCUT2D eigenvalue weighted by Gasteiger charge is -2.26. The third-order valence-corrected chi connectivity index (χ3v) is 9.05. The highest BCUT2D eigenvalue weighted by molar-refractivity contribution is 7.93. The molecule has 214 valence electrons. The number of ether oxygens (including phenoxy) is 1. The molecule has 2 N–H and O–H groups in total. The van der Waals surface area contributed by atoms with Crippen LogP contribution in [-0.4, -0.2) is 35.9 Å². The number of para-hydroxylation sites is 2. The van der Waals surface area contributed by atoms with Gasteiger partial charge in [0.1, 0.15) is 18.1 Å². The van der Waals surface area contributed by atoms with E-state index in [1.165, 1.54) is 48.5 Å². The molecule has 1 amide bonds. The zero-order valence-electron chi connectivity index (χ0n) is 22.2. The van der Waals surface area contributed by atoms with Crippen molar-refractivity contribution in [2.45, 2.75) is 23.6 Å². The number of carbonyl (C=O) groups is 1. The number of carbonyl (C=O) groups excluding carboxylic acids is 1. The highest BCUT2D eigenvalue weighted by Crippen LogP contribution is 2.32. The molecule has 0 unspecified atom stereocenters. The molecule has 4 rings (SSSR count). The van der Waals surface area contributed by atoms with Gasteiger partial charge >= 0.3 is 0 Å². The average Bonchev–Trinajstić information content (AvgIpc) is 2.94. The fourth-order valence-corrected chi connectivity index (χ4v) is 6.35. The summed E-state index contributed by atoms with van der Waals surface area (Å²) in [6.45, 7) is 3.31. The minimum Gasteiger partial charge on any atom is -0.492 e. The molecule has 0 saturated carbocycles. The summed E-state index contributed by atoms with van der Waals surface area (Å²) in [4.78, 5) is 13.0. The lowest BCUT2D eigenvalue weighted by molar-refractivity contribution is -0.114. The molecule has 12 heteroatoms. The fourth-order valence-electron chi connectivity index (χ4n) is 3.86. The van der Waals surface area contributed by atoms with Gasteiger partial charge in [0.2, 0.25) is 5.91 Å². The molecule has 0 aliphatic carbocycles. The van der Waals surface area contributed by atoms with Gasteiger partial charge in [0.25, 0.3) is 20.0 Å². The number of aryl methyl sites for hydroxylation is 1. The van der Waals surface area contributed by atoms with Gasteiger partial charge in [-0.25, -0.2) is 21.2 Å². The molecule has 41 heavy (non-hydrogen) atoms. The van der Waals surface area contributed by atoms with E-state index in [4.69, 9.17) is 4.74 Å². The van der Waals surface area contributed by atoms with Gasteiger partial charge < -0.3 is 10.1 Å². The van der Waals surface area contributed by atoms with E-state index in [9.17, 15) is 26.0 Å². The Morgan fingerprint density at radius 1 is 0.805 bits per heavy atom. The topological polar surface area (TPSA) is 122 Å². The van der Waals surface area contributed by atoms with Gasteiger partial charge in [0.05, 0.1) is 22.1 Å². The van der Waals surface area contributed by atoms with Crippen LogP contribution in [0.2, 0.25) is 0 Å². The SMILES string of the molecule is CCOc1ccccc1N(CC(=O)Nc1ccc(S(=O)(=O)Nc2ccc(F)cc2)cc1)S(=O)(=O)c1ccc(C)cc1. The summed E-state index contributed by atoms with van der Waals surface area (Å²) in [5, 5.41) is 2.62. The van der Waals surface area contributed by atoms with Crippen molar-refractivity contribution >= 4 is 43.0 Å². The third kappa shape index (κ3) is 7.21. The molecular formula is C29H28FN3O6S2. The van der Waals surface area contributed by atoms with Gasteiger partial charge in [0.15, 0.2) is 0 Å². The predicted molar refractivity (Wildman–Crippen MR) is 156 cm³/mol. The molecule has 0 bridgehead atoms. The first-order valence-corrected chi connectivity index (χ1v) is 15.4. The summed E-state index contributed by atoms with van der Waals surface area (Å²) in [5.41, 5.74) is 1.51. The van der Waals surface area contributed by atoms with Crippen LogP contribution < -0.4 is 19.1 Å². The Morgan fingerprint density at radius 2 is 1.39 bits per heavy atom. The van der Waals surface area contributed by atoms with E-state index in [-0.39, 0.29) is 33.5 Å². The number of anilines is 3. The fraction of sp³-hybridized carbons (Fsp3) is 0.138. The van der Waals surface area contributed by atoms with Gasteiger partial charge in [-0.15, -0.1) is 0 Å². The standard InChI is InChI=1S/C29H28FN3O6S2/c1-3-39-28-7-5-4-6-27(28)33(41(37,38)26-16-8-21(2)9-17-26)20-29(34)31-23-14-18-25(19-15-23)40(35,36)32-24-12-10-22(30)11-13-24/h4-19,32H,3,20H2,1-2H3,(H,31,34). The number of nitrogens with zero attached hydrogens (tertiary/aromatic N) is 1. The van der Waals surface area contributed by atoms with Crippen molar-refractivity contribution < 1.29 is 30.8 Å². The van der Waals surface area contributed by atoms with Crippen LogP contribution in [0, 0.1) is 12.7 Å². The maximum Gasteiger partial charge on any atom is 0.264 e. The van der Waals surface area contributed by atoms with E-state index < -0.39 is 38.3 Å². The Balaban J connectivity index is 1.56. The minimum atomic E-state index is -4.18. The summed E-state index contributed by atoms with van der Waals surface area (Å²) in [6.07, 6.45) is 0. The van der Waals surface area contributed by atoms with Crippen LogP contribution in [-0.2, 0) is 24.8 Å². The van der Waals surface area contributed by atoms with Crippen molar-refractivity contribution in [3.05, 3.63) is 108 Å². The monoisotopic (exact) mass is 597 g/mol. The van der Waals surface area contributed by atoms with E-state index in [0.717, 1.165) is 22.0 Å². The molecule has 0 fully saturated rings. The van der Waals surface area contributed by atoms with Crippen molar-refractivity contribution in [2.75, 3.05) is 27.5 Å². The van der Waals surface area contributed by atoms with Crippen LogP contribution in [0.4, 0.5) is 21.5 Å². The molecular weight excluding hydrogens is 569 g/mol. The number of hydrogen-bond acceptors (Lipinski definition) is 6. The largest absolute Gasteiger partial charge is 0.492 e. The van der Waals surface area contributed by atoms with Gasteiger partial charge in [0, 0.05) is 11.4 Å². The second kappa shape index (κ2) is 12.4. The summed E-state index contributed by atoms with van der Waals surface area (Å²) in [6, 6.07) is 23.0. The molecule has 4 aromatic carbocycles. The van der Waals surface area contributed by atoms with E-state index in [1.807, 2.05) is 6.92 Å². The lowest BCUT2D eigenvalue weighted by Crippen LogP contribution is -2.38. The Morgan fingerprint density at radius 3 is 2.02 bits per heavy atom. The molecule has 0 aliphatic rings. The number of benzene rings is 4. The highest BCUT2D eigenvalue weighted by Gasteiger charge is 2.29. The van der Waals surface area contributed by atoms with Gasteiger partial charge in [-0.05, 0) is 86.6 Å². The van der Waals surface area contributed by atoms with Crippen molar-refractivity contribution in [1.29, 1.82) is 0 Å². The van der Waals surface area contributed by atoms with Crippen LogP contribution in [0.15, 0.2) is 107 Å². The maximum atomic E-state index is 13.7. The number of amides is 1. The molecule has 0 atom stereocenters. The van der Waals surface area contributed by atoms with E-state index in [2.05, 4.69) is 10.0 Å². The van der Waals surface area contributed by atoms with Gasteiger partial charge in [-0.2, -0.15) is 0 Å². The summed E-state index contributed by atoms with van der Waals surface area (Å²) in [5.74, 6) is -0.867. The summed E-state index contributed by atoms with van der Waals surface area (Å²) < 4.78 is 74.9. The van der Waals surface area contributed by atoms with Crippen molar-refractivity contribution in [2.24, 2.45) is 0 Å². The zero-order chi connectivity index (χ0) is 29.6. The first kappa shape index (κ1) is 29.6. The molecule has 9 nitrogen and oxygen atoms in total. The highest BCUT2D eigenvalue weighted by atomic mass is 32.2. The third-order valence-electron chi connectivity index (χ3n) is 5.87. The van der Waals surface area contributed by atoms with E-state index in [1.54, 1.807) is 43.3 Å². The number of sulfonamides is 2. The first-order chi connectivity index (χ1) is 19.5. The van der Waals surface area contributed by atoms with Gasteiger partial charge in [-0.1, -0.05) is 29.8 Å². The van der Waals surface area contributed by atoms with Crippen LogP contribution in [0.5, 0.6) is 5.75 Å². The smallest absolute Gasteiger partial charge is 0.264 e. The summed E-state index contributed by atoms with van der Waals surface area (Å²) in [7, 11) is -8.15. The van der Waals surface area contributed by atoms with E-state index in [0.29, 0.717) is 5.75 Å². The average molecular weight is 598 g/mol. The molecule has 0 radical (unpaired) electrons. The second-order valence-corrected chi connectivity index (χ2v) is 12.5. The second-order valence-electron chi connectivity index (χ2n) is 8.91. The van der Waals surface area contributed by atoms with Crippen LogP contribution >= 0.6 is 0 Å². The van der Waals surface area contributed by atoms with Gasteiger partial charge in [-0.3, -0.25) is 13.8 Å². The minimum absolute atomic E-state index is 0.00501. The molecule has 0 heterocycles. The Bertz CT molecular complexity index is 1730. The zero-order valence-corrected chi connectivity index (χ0v) is 23.9. The number of nitrogens with one attached hydrogen (secondary N) is 2. The van der Waals surface area contributed by atoms with Crippen LogP contribution in [0.3, 0.4) is 0 Å². The molecule has 4 aromatic rings. The Kier molecular flexibility index (Phi) is 8.94. The first-order valence-electron chi connectivity index (χ1n) is 12.5. The number of hydrogen-bond donors (Lipinski definition) is 2. The Hall–Kier alpha value is -4.42. The lowest BCUT2D eigenvalue weighted by atomic mass is 10.2. The van der Waals surface area contributed by atoms with E-state index >= 15 is 0 Å². The molecule has 0 spiro atoms. The van der Waals surface area contributed by atoms with Crippen molar-refractivity contribution in [1.82, 2.24) is 0 Å².